The van der Waals surface area contributed by atoms with Crippen LogP contribution in [-0.2, 0) is 0 Å². The monoisotopic (exact) mass is 262 g/mol. The van der Waals surface area contributed by atoms with Crippen molar-refractivity contribution in [3.05, 3.63) is 42.5 Å². The molecule has 0 saturated heterocycles. The fraction of sp³-hybridized carbons (Fsp3) is 0.0769. The lowest BCUT2D eigenvalue weighted by atomic mass is 9.80. The molecule has 2 N–H and O–H groups in total. The lowest BCUT2D eigenvalue weighted by Crippen LogP contribution is -2.29. The molecule has 0 bridgehead atoms. The third-order valence-corrected chi connectivity index (χ3v) is 2.76. The summed E-state index contributed by atoms with van der Waals surface area (Å²) in [6.45, 7) is 0.224. The quantitative estimate of drug-likeness (QED) is 0.818. The van der Waals surface area contributed by atoms with Gasteiger partial charge in [-0.2, -0.15) is 0 Å². The minimum absolute atomic E-state index is 0. The summed E-state index contributed by atoms with van der Waals surface area (Å²) in [7, 11) is -1.47. The number of hydrogen-bond acceptors (Lipinski definition) is 5. The van der Waals surface area contributed by atoms with Crippen LogP contribution in [0.5, 0.6) is 23.0 Å². The highest BCUT2D eigenvalue weighted by atomic mass is 16.7. The van der Waals surface area contributed by atoms with E-state index in [1.54, 1.807) is 42.5 Å². The van der Waals surface area contributed by atoms with E-state index >= 15 is 0 Å². The molecule has 2 aromatic rings. The maximum atomic E-state index is 8.99. The number of hydrogen-bond donors (Lipinski definition) is 2. The first-order valence-corrected chi connectivity index (χ1v) is 5.76. The SMILES string of the molecule is OB(O)c1ccc(Oc2ccc3c(c2)OCO3)cc1.[HH].[HH]. The van der Waals surface area contributed by atoms with Crippen molar-refractivity contribution in [2.24, 2.45) is 0 Å². The second-order valence-corrected chi connectivity index (χ2v) is 4.06. The van der Waals surface area contributed by atoms with Gasteiger partial charge in [0.2, 0.25) is 6.79 Å². The predicted molar refractivity (Wildman–Crippen MR) is 73.1 cm³/mol. The molecule has 1 heterocycles. The average molecular weight is 262 g/mol. The van der Waals surface area contributed by atoms with Crippen LogP contribution in [0.3, 0.4) is 0 Å². The zero-order chi connectivity index (χ0) is 13.2. The molecule has 1 aliphatic heterocycles. The van der Waals surface area contributed by atoms with Gasteiger partial charge in [0.25, 0.3) is 0 Å². The smallest absolute Gasteiger partial charge is 0.457 e. The summed E-state index contributed by atoms with van der Waals surface area (Å²) in [4.78, 5) is 0. The van der Waals surface area contributed by atoms with Gasteiger partial charge in [0.05, 0.1) is 0 Å². The summed E-state index contributed by atoms with van der Waals surface area (Å²) in [5, 5.41) is 18.0. The van der Waals surface area contributed by atoms with Crippen molar-refractivity contribution in [3.8, 4) is 23.0 Å². The Morgan fingerprint density at radius 2 is 1.63 bits per heavy atom. The highest BCUT2D eigenvalue weighted by Gasteiger charge is 2.14. The van der Waals surface area contributed by atoms with Gasteiger partial charge in [-0.3, -0.25) is 0 Å². The van der Waals surface area contributed by atoms with Crippen molar-refractivity contribution < 1.29 is 27.1 Å². The Morgan fingerprint density at radius 1 is 0.947 bits per heavy atom. The van der Waals surface area contributed by atoms with E-state index in [1.165, 1.54) is 0 Å². The summed E-state index contributed by atoms with van der Waals surface area (Å²) in [6.07, 6.45) is 0. The van der Waals surface area contributed by atoms with Crippen LogP contribution in [0.2, 0.25) is 0 Å². The lowest BCUT2D eigenvalue weighted by Gasteiger charge is -2.07. The molecule has 19 heavy (non-hydrogen) atoms. The van der Waals surface area contributed by atoms with Gasteiger partial charge in [-0.25, -0.2) is 0 Å². The normalized spacial score (nSPS) is 12.3. The first kappa shape index (κ1) is 11.9. The molecule has 0 spiro atoms. The number of fused-ring (bicyclic) bond motifs is 1. The largest absolute Gasteiger partial charge is 0.488 e. The highest BCUT2D eigenvalue weighted by molar-refractivity contribution is 6.58. The molecule has 0 aromatic heterocycles. The van der Waals surface area contributed by atoms with Crippen LogP contribution in [0.1, 0.15) is 2.85 Å². The molecule has 5 nitrogen and oxygen atoms in total. The van der Waals surface area contributed by atoms with E-state index in [4.69, 9.17) is 24.3 Å². The molecule has 0 saturated carbocycles. The van der Waals surface area contributed by atoms with Crippen molar-refractivity contribution >= 4 is 12.6 Å². The number of rotatable bonds is 3. The van der Waals surface area contributed by atoms with Crippen molar-refractivity contribution in [1.29, 1.82) is 0 Å². The third-order valence-electron chi connectivity index (χ3n) is 2.76. The van der Waals surface area contributed by atoms with E-state index in [0.717, 1.165) is 0 Å². The Labute approximate surface area is 113 Å². The Balaban J connectivity index is 0.00000110. The van der Waals surface area contributed by atoms with Gasteiger partial charge >= 0.3 is 7.12 Å². The molecule has 100 valence electrons. The fourth-order valence-electron chi connectivity index (χ4n) is 1.78. The van der Waals surface area contributed by atoms with E-state index in [0.29, 0.717) is 28.5 Å². The van der Waals surface area contributed by atoms with Gasteiger partial charge in [0.15, 0.2) is 11.5 Å². The topological polar surface area (TPSA) is 68.2 Å². The third kappa shape index (κ3) is 2.49. The predicted octanol–water partition coefficient (Wildman–Crippen LogP) is 1.38. The second kappa shape index (κ2) is 4.83. The van der Waals surface area contributed by atoms with Gasteiger partial charge in [0.1, 0.15) is 11.5 Å². The molecule has 0 amide bonds. The molecule has 3 rings (SSSR count). The highest BCUT2D eigenvalue weighted by Crippen LogP contribution is 2.36. The summed E-state index contributed by atoms with van der Waals surface area (Å²) in [6, 6.07) is 11.8. The Kier molecular flexibility index (Phi) is 3.02. The van der Waals surface area contributed by atoms with Crippen molar-refractivity contribution in [2.45, 2.75) is 0 Å². The summed E-state index contributed by atoms with van der Waals surface area (Å²) in [5.74, 6) is 2.58. The molecule has 0 unspecified atom stereocenters. The van der Waals surface area contributed by atoms with Gasteiger partial charge < -0.3 is 24.3 Å². The van der Waals surface area contributed by atoms with Crippen LogP contribution in [0.25, 0.3) is 0 Å². The maximum Gasteiger partial charge on any atom is 0.488 e. The number of benzene rings is 2. The fourth-order valence-corrected chi connectivity index (χ4v) is 1.78. The zero-order valence-corrected chi connectivity index (χ0v) is 9.95. The summed E-state index contributed by atoms with van der Waals surface area (Å²) < 4.78 is 16.1. The maximum absolute atomic E-state index is 8.99. The first-order chi connectivity index (χ1) is 9.22. The van der Waals surface area contributed by atoms with E-state index in [9.17, 15) is 0 Å². The minimum atomic E-state index is -1.47. The van der Waals surface area contributed by atoms with Crippen LogP contribution in [0.4, 0.5) is 0 Å². The Bertz CT molecular complexity index is 592. The number of ether oxygens (including phenoxy) is 3. The van der Waals surface area contributed by atoms with Gasteiger partial charge in [0, 0.05) is 8.92 Å². The molecule has 0 radical (unpaired) electrons. The van der Waals surface area contributed by atoms with Crippen molar-refractivity contribution in [1.82, 2.24) is 0 Å². The summed E-state index contributed by atoms with van der Waals surface area (Å²) in [5.41, 5.74) is 0.415. The van der Waals surface area contributed by atoms with E-state index in [1.807, 2.05) is 0 Å². The molecular weight excluding hydrogens is 247 g/mol. The Hall–Kier alpha value is -2.18. The molecule has 1 aliphatic rings. The van der Waals surface area contributed by atoms with E-state index in [2.05, 4.69) is 0 Å². The Morgan fingerprint density at radius 3 is 2.37 bits per heavy atom. The van der Waals surface area contributed by atoms with Crippen molar-refractivity contribution in [3.63, 3.8) is 0 Å². The van der Waals surface area contributed by atoms with Crippen LogP contribution in [0, 0.1) is 0 Å². The van der Waals surface area contributed by atoms with E-state index in [-0.39, 0.29) is 9.65 Å². The van der Waals surface area contributed by atoms with Crippen molar-refractivity contribution in [2.75, 3.05) is 6.79 Å². The second-order valence-electron chi connectivity index (χ2n) is 4.06. The molecule has 2 aromatic carbocycles. The van der Waals surface area contributed by atoms with Gasteiger partial charge in [-0.05, 0) is 29.7 Å². The van der Waals surface area contributed by atoms with Crippen LogP contribution in [-0.4, -0.2) is 24.0 Å². The molecule has 0 fully saturated rings. The van der Waals surface area contributed by atoms with E-state index < -0.39 is 7.12 Å². The standard InChI is InChI=1S/C13H11BO5.2H2/c15-14(16)9-1-3-10(4-2-9)19-11-5-6-12-13(7-11)18-8-17-12;;/h1-7,15-16H,8H2;2*1H. The average Bonchev–Trinajstić information content (AvgIpc) is 2.87. The van der Waals surface area contributed by atoms with Gasteiger partial charge in [-0.1, -0.05) is 12.1 Å². The molecule has 6 heteroatoms. The van der Waals surface area contributed by atoms with Crippen LogP contribution >= 0.6 is 0 Å². The van der Waals surface area contributed by atoms with Crippen LogP contribution < -0.4 is 19.7 Å². The molecule has 0 atom stereocenters. The minimum Gasteiger partial charge on any atom is -0.457 e. The lowest BCUT2D eigenvalue weighted by molar-refractivity contribution is 0.174. The zero-order valence-electron chi connectivity index (χ0n) is 9.95. The molecular formula is C13H15BO5. The van der Waals surface area contributed by atoms with Crippen LogP contribution in [0.15, 0.2) is 42.5 Å². The first-order valence-electron chi connectivity index (χ1n) is 5.76. The molecule has 0 aliphatic carbocycles. The van der Waals surface area contributed by atoms with Gasteiger partial charge in [-0.15, -0.1) is 0 Å². The summed E-state index contributed by atoms with van der Waals surface area (Å²) >= 11 is 0.